The molecule has 1 aromatic carbocycles. The van der Waals surface area contributed by atoms with E-state index in [0.29, 0.717) is 0 Å². The van der Waals surface area contributed by atoms with Crippen molar-refractivity contribution in [2.45, 2.75) is 18.7 Å². The van der Waals surface area contributed by atoms with Gasteiger partial charge in [-0.15, -0.1) is 0 Å². The average molecular weight is 266 g/mol. The van der Waals surface area contributed by atoms with Crippen LogP contribution in [0, 0.1) is 6.92 Å². The molecule has 2 aromatic rings. The number of aromatic nitrogens is 1. The fourth-order valence-electron chi connectivity index (χ4n) is 1.65. The lowest BCUT2D eigenvalue weighted by atomic mass is 10.0. The highest BCUT2D eigenvalue weighted by Gasteiger charge is 2.17. The molecule has 1 heterocycles. The molecule has 0 aliphatic heterocycles. The number of aryl methyl sites for hydroxylation is 1. The average Bonchev–Trinajstić information content (AvgIpc) is 2.61. The third kappa shape index (κ3) is 1.97. The van der Waals surface area contributed by atoms with Gasteiger partial charge in [0.1, 0.15) is 11.5 Å². The van der Waals surface area contributed by atoms with Gasteiger partial charge in [0.2, 0.25) is 0 Å². The van der Waals surface area contributed by atoms with E-state index in [-0.39, 0.29) is 4.83 Å². The van der Waals surface area contributed by atoms with E-state index in [2.05, 4.69) is 28.0 Å². The monoisotopic (exact) mass is 265 g/mol. The summed E-state index contributed by atoms with van der Waals surface area (Å²) in [6.07, 6.45) is 0. The minimum atomic E-state index is 0.249. The summed E-state index contributed by atoms with van der Waals surface area (Å²) in [6, 6.07) is 10.1. The SMILES string of the molecule is Cc1onc(-c2ccccc2)c1C(C)Br. The zero-order valence-electron chi connectivity index (χ0n) is 8.70. The van der Waals surface area contributed by atoms with Gasteiger partial charge in [0.15, 0.2) is 0 Å². The van der Waals surface area contributed by atoms with Crippen LogP contribution in [0.15, 0.2) is 34.9 Å². The highest BCUT2D eigenvalue weighted by molar-refractivity contribution is 9.09. The first-order valence-corrected chi connectivity index (χ1v) is 5.77. The summed E-state index contributed by atoms with van der Waals surface area (Å²) in [7, 11) is 0. The number of hydrogen-bond acceptors (Lipinski definition) is 2. The number of halogens is 1. The molecule has 0 bridgehead atoms. The number of alkyl halides is 1. The topological polar surface area (TPSA) is 26.0 Å². The predicted molar refractivity (Wildman–Crippen MR) is 64.0 cm³/mol. The second-order valence-electron chi connectivity index (χ2n) is 3.48. The van der Waals surface area contributed by atoms with Crippen molar-refractivity contribution in [2.75, 3.05) is 0 Å². The molecule has 1 atom stereocenters. The van der Waals surface area contributed by atoms with Gasteiger partial charge < -0.3 is 4.52 Å². The molecular weight excluding hydrogens is 254 g/mol. The maximum absolute atomic E-state index is 5.23. The second kappa shape index (κ2) is 4.19. The Morgan fingerprint density at radius 1 is 1.27 bits per heavy atom. The Labute approximate surface area is 97.4 Å². The molecule has 0 radical (unpaired) electrons. The van der Waals surface area contributed by atoms with E-state index in [1.54, 1.807) is 0 Å². The van der Waals surface area contributed by atoms with E-state index in [0.717, 1.165) is 22.6 Å². The first kappa shape index (κ1) is 10.4. The maximum atomic E-state index is 5.23. The molecule has 0 N–H and O–H groups in total. The zero-order valence-corrected chi connectivity index (χ0v) is 10.3. The first-order chi connectivity index (χ1) is 7.20. The molecule has 2 nitrogen and oxygen atoms in total. The van der Waals surface area contributed by atoms with Gasteiger partial charge in [-0.3, -0.25) is 0 Å². The van der Waals surface area contributed by atoms with Gasteiger partial charge in [-0.2, -0.15) is 0 Å². The van der Waals surface area contributed by atoms with Gasteiger partial charge >= 0.3 is 0 Å². The lowest BCUT2D eigenvalue weighted by molar-refractivity contribution is 0.398. The normalized spacial score (nSPS) is 12.7. The van der Waals surface area contributed by atoms with Crippen molar-refractivity contribution in [2.24, 2.45) is 0 Å². The first-order valence-electron chi connectivity index (χ1n) is 4.86. The molecular formula is C12H12BrNO. The number of nitrogens with zero attached hydrogens (tertiary/aromatic N) is 1. The lowest BCUT2D eigenvalue weighted by Crippen LogP contribution is -1.88. The molecule has 0 spiro atoms. The molecule has 78 valence electrons. The Hall–Kier alpha value is -1.09. The summed E-state index contributed by atoms with van der Waals surface area (Å²) >= 11 is 3.56. The molecule has 3 heteroatoms. The van der Waals surface area contributed by atoms with Crippen molar-refractivity contribution in [1.82, 2.24) is 5.16 Å². The van der Waals surface area contributed by atoms with E-state index >= 15 is 0 Å². The third-order valence-electron chi connectivity index (χ3n) is 2.35. The van der Waals surface area contributed by atoms with E-state index in [9.17, 15) is 0 Å². The molecule has 0 aliphatic carbocycles. The van der Waals surface area contributed by atoms with Gasteiger partial charge in [-0.25, -0.2) is 0 Å². The molecule has 2 rings (SSSR count). The Kier molecular flexibility index (Phi) is 2.91. The minimum Gasteiger partial charge on any atom is -0.361 e. The number of hydrogen-bond donors (Lipinski definition) is 0. The van der Waals surface area contributed by atoms with Crippen LogP contribution in [0.4, 0.5) is 0 Å². The van der Waals surface area contributed by atoms with Crippen LogP contribution in [0.2, 0.25) is 0 Å². The Balaban J connectivity index is 2.54. The van der Waals surface area contributed by atoms with Crippen molar-refractivity contribution in [3.8, 4) is 11.3 Å². The van der Waals surface area contributed by atoms with Gasteiger partial charge in [0.25, 0.3) is 0 Å². The summed E-state index contributed by atoms with van der Waals surface area (Å²) in [5.74, 6) is 0.873. The van der Waals surface area contributed by atoms with Crippen molar-refractivity contribution in [3.05, 3.63) is 41.7 Å². The van der Waals surface area contributed by atoms with Crippen molar-refractivity contribution in [1.29, 1.82) is 0 Å². The van der Waals surface area contributed by atoms with Crippen LogP contribution in [0.5, 0.6) is 0 Å². The number of rotatable bonds is 2. The highest BCUT2D eigenvalue weighted by Crippen LogP contribution is 2.33. The molecule has 0 aliphatic rings. The summed E-state index contributed by atoms with van der Waals surface area (Å²) in [5, 5.41) is 4.10. The van der Waals surface area contributed by atoms with E-state index in [4.69, 9.17) is 4.52 Å². The molecule has 0 saturated heterocycles. The molecule has 1 unspecified atom stereocenters. The number of benzene rings is 1. The second-order valence-corrected chi connectivity index (χ2v) is 4.86. The zero-order chi connectivity index (χ0) is 10.8. The van der Waals surface area contributed by atoms with Crippen molar-refractivity contribution in [3.63, 3.8) is 0 Å². The molecule has 0 amide bonds. The lowest BCUT2D eigenvalue weighted by Gasteiger charge is -2.03. The van der Waals surface area contributed by atoms with Crippen molar-refractivity contribution >= 4 is 15.9 Å². The summed E-state index contributed by atoms with van der Waals surface area (Å²) < 4.78 is 5.23. The molecule has 15 heavy (non-hydrogen) atoms. The van der Waals surface area contributed by atoms with E-state index < -0.39 is 0 Å². The maximum Gasteiger partial charge on any atom is 0.138 e. The largest absolute Gasteiger partial charge is 0.361 e. The Morgan fingerprint density at radius 3 is 2.53 bits per heavy atom. The smallest absolute Gasteiger partial charge is 0.138 e. The fraction of sp³-hybridized carbons (Fsp3) is 0.250. The van der Waals surface area contributed by atoms with Crippen LogP contribution >= 0.6 is 15.9 Å². The Morgan fingerprint density at radius 2 is 1.93 bits per heavy atom. The van der Waals surface area contributed by atoms with Crippen LogP contribution in [-0.4, -0.2) is 5.16 Å². The standard InChI is InChI=1S/C12H12BrNO/c1-8(13)11-9(2)15-14-12(11)10-6-4-3-5-7-10/h3-8H,1-2H3. The van der Waals surface area contributed by atoms with Gasteiger partial charge in [-0.05, 0) is 13.8 Å². The predicted octanol–water partition coefficient (Wildman–Crippen LogP) is 4.11. The van der Waals surface area contributed by atoms with Crippen LogP contribution < -0.4 is 0 Å². The Bertz CT molecular complexity index is 448. The molecule has 0 saturated carbocycles. The highest BCUT2D eigenvalue weighted by atomic mass is 79.9. The van der Waals surface area contributed by atoms with Crippen LogP contribution in [0.25, 0.3) is 11.3 Å². The quantitative estimate of drug-likeness (QED) is 0.764. The van der Waals surface area contributed by atoms with Gasteiger partial charge in [0, 0.05) is 16.0 Å². The van der Waals surface area contributed by atoms with Crippen LogP contribution in [-0.2, 0) is 0 Å². The van der Waals surface area contributed by atoms with Crippen LogP contribution in [0.3, 0.4) is 0 Å². The van der Waals surface area contributed by atoms with E-state index in [1.807, 2.05) is 37.3 Å². The third-order valence-corrected chi connectivity index (χ3v) is 2.81. The van der Waals surface area contributed by atoms with E-state index in [1.165, 1.54) is 0 Å². The fourth-order valence-corrected chi connectivity index (χ4v) is 2.19. The van der Waals surface area contributed by atoms with Crippen LogP contribution in [0.1, 0.15) is 23.1 Å². The summed E-state index contributed by atoms with van der Waals surface area (Å²) in [5.41, 5.74) is 3.15. The minimum absolute atomic E-state index is 0.249. The van der Waals surface area contributed by atoms with Gasteiger partial charge in [0.05, 0.1) is 0 Å². The molecule has 0 fully saturated rings. The summed E-state index contributed by atoms with van der Waals surface area (Å²) in [6.45, 7) is 4.01. The molecule has 1 aromatic heterocycles. The summed E-state index contributed by atoms with van der Waals surface area (Å²) in [4.78, 5) is 0.249. The van der Waals surface area contributed by atoms with Gasteiger partial charge in [-0.1, -0.05) is 51.4 Å². The van der Waals surface area contributed by atoms with Crippen molar-refractivity contribution < 1.29 is 4.52 Å².